The van der Waals surface area contributed by atoms with Crippen molar-refractivity contribution >= 4 is 11.8 Å². The molecule has 14 heavy (non-hydrogen) atoms. The van der Waals surface area contributed by atoms with Gasteiger partial charge >= 0.3 is 0 Å². The van der Waals surface area contributed by atoms with Crippen LogP contribution in [0.2, 0.25) is 0 Å². The Morgan fingerprint density at radius 1 is 1.43 bits per heavy atom. The number of nitrogens with one attached hydrogen (secondary N) is 1. The maximum Gasteiger partial charge on any atom is 0.0960 e. The highest BCUT2D eigenvalue weighted by Crippen LogP contribution is 2.18. The van der Waals surface area contributed by atoms with Gasteiger partial charge in [-0.05, 0) is 31.5 Å². The smallest absolute Gasteiger partial charge is 0.0960 e. The van der Waals surface area contributed by atoms with Crippen LogP contribution in [0.15, 0.2) is 29.4 Å². The van der Waals surface area contributed by atoms with Gasteiger partial charge in [-0.3, -0.25) is 0 Å². The molecule has 0 saturated carbocycles. The van der Waals surface area contributed by atoms with Gasteiger partial charge in [0.2, 0.25) is 0 Å². The van der Waals surface area contributed by atoms with Crippen molar-refractivity contribution in [1.82, 2.24) is 10.3 Å². The van der Waals surface area contributed by atoms with E-state index in [1.807, 2.05) is 30.1 Å². The van der Waals surface area contributed by atoms with Crippen LogP contribution < -0.4 is 5.32 Å². The van der Waals surface area contributed by atoms with Gasteiger partial charge in [0.15, 0.2) is 0 Å². The first-order chi connectivity index (χ1) is 6.95. The van der Waals surface area contributed by atoms with E-state index in [4.69, 9.17) is 0 Å². The van der Waals surface area contributed by atoms with Crippen LogP contribution in [0.25, 0.3) is 0 Å². The molecule has 1 aliphatic rings. The third kappa shape index (κ3) is 3.00. The van der Waals surface area contributed by atoms with Crippen LogP contribution in [0.3, 0.4) is 0 Å². The summed E-state index contributed by atoms with van der Waals surface area (Å²) in [5, 5.41) is 4.68. The van der Waals surface area contributed by atoms with Crippen molar-refractivity contribution in [3.05, 3.63) is 24.4 Å². The number of piperidine rings is 1. The third-order valence-corrected chi connectivity index (χ3v) is 3.59. The first kappa shape index (κ1) is 9.99. The number of hydrogen-bond donors (Lipinski definition) is 1. The van der Waals surface area contributed by atoms with Crippen LogP contribution in [0.5, 0.6) is 0 Å². The summed E-state index contributed by atoms with van der Waals surface area (Å²) < 4.78 is 0. The molecular weight excluding hydrogens is 192 g/mol. The largest absolute Gasteiger partial charge is 0.313 e. The van der Waals surface area contributed by atoms with Crippen molar-refractivity contribution < 1.29 is 0 Å². The molecule has 0 radical (unpaired) electrons. The molecule has 76 valence electrons. The van der Waals surface area contributed by atoms with Gasteiger partial charge in [-0.2, -0.15) is 0 Å². The molecule has 0 unspecified atom stereocenters. The van der Waals surface area contributed by atoms with Crippen LogP contribution >= 0.6 is 11.8 Å². The fourth-order valence-corrected chi connectivity index (χ4v) is 2.65. The third-order valence-electron chi connectivity index (χ3n) is 2.48. The second-order valence-electron chi connectivity index (χ2n) is 3.63. The topological polar surface area (TPSA) is 24.9 Å². The summed E-state index contributed by atoms with van der Waals surface area (Å²) in [5.41, 5.74) is 0. The average molecular weight is 208 g/mol. The minimum atomic E-state index is 0.691. The summed E-state index contributed by atoms with van der Waals surface area (Å²) in [6.45, 7) is 1.19. The summed E-state index contributed by atoms with van der Waals surface area (Å²) in [4.78, 5) is 4.30. The SMILES string of the molecule is c1ccc(SC[C@@H]2CCCCN2)nc1. The van der Waals surface area contributed by atoms with E-state index in [1.165, 1.54) is 25.8 Å². The molecule has 0 bridgehead atoms. The normalized spacial score (nSPS) is 22.1. The van der Waals surface area contributed by atoms with E-state index in [1.54, 1.807) is 0 Å². The quantitative estimate of drug-likeness (QED) is 0.772. The molecule has 1 atom stereocenters. The summed E-state index contributed by atoms with van der Waals surface area (Å²) in [7, 11) is 0. The van der Waals surface area contributed by atoms with Gasteiger partial charge < -0.3 is 5.32 Å². The second-order valence-corrected chi connectivity index (χ2v) is 4.67. The Kier molecular flexibility index (Phi) is 3.83. The first-order valence-electron chi connectivity index (χ1n) is 5.22. The maximum atomic E-state index is 4.30. The fraction of sp³-hybridized carbons (Fsp3) is 0.545. The van der Waals surface area contributed by atoms with Gasteiger partial charge in [0.05, 0.1) is 5.03 Å². The Balaban J connectivity index is 1.76. The lowest BCUT2D eigenvalue weighted by Crippen LogP contribution is -2.35. The van der Waals surface area contributed by atoms with Crippen molar-refractivity contribution in [3.8, 4) is 0 Å². The Bertz CT molecular complexity index is 257. The van der Waals surface area contributed by atoms with E-state index in [0.29, 0.717) is 6.04 Å². The number of hydrogen-bond acceptors (Lipinski definition) is 3. The van der Waals surface area contributed by atoms with Crippen molar-refractivity contribution in [1.29, 1.82) is 0 Å². The second kappa shape index (κ2) is 5.37. The van der Waals surface area contributed by atoms with Crippen LogP contribution in [-0.4, -0.2) is 23.3 Å². The molecular formula is C11H16N2S. The first-order valence-corrected chi connectivity index (χ1v) is 6.21. The highest BCUT2D eigenvalue weighted by atomic mass is 32.2. The molecule has 0 aliphatic carbocycles. The van der Waals surface area contributed by atoms with Gasteiger partial charge in [0.1, 0.15) is 0 Å². The summed E-state index contributed by atoms with van der Waals surface area (Å²) in [6, 6.07) is 6.77. The summed E-state index contributed by atoms with van der Waals surface area (Å²) in [6.07, 6.45) is 5.89. The molecule has 0 amide bonds. The Labute approximate surface area is 89.5 Å². The van der Waals surface area contributed by atoms with Crippen LogP contribution in [0.1, 0.15) is 19.3 Å². The van der Waals surface area contributed by atoms with Gasteiger partial charge in [0.25, 0.3) is 0 Å². The zero-order valence-corrected chi connectivity index (χ0v) is 9.09. The lowest BCUT2D eigenvalue weighted by molar-refractivity contribution is 0.430. The molecule has 1 aromatic rings. The van der Waals surface area contributed by atoms with E-state index < -0.39 is 0 Å². The molecule has 2 nitrogen and oxygen atoms in total. The lowest BCUT2D eigenvalue weighted by Gasteiger charge is -2.22. The highest BCUT2D eigenvalue weighted by molar-refractivity contribution is 7.99. The molecule has 0 spiro atoms. The van der Waals surface area contributed by atoms with E-state index >= 15 is 0 Å². The van der Waals surface area contributed by atoms with Crippen molar-refractivity contribution in [2.75, 3.05) is 12.3 Å². The van der Waals surface area contributed by atoms with Crippen molar-refractivity contribution in [3.63, 3.8) is 0 Å². The zero-order chi connectivity index (χ0) is 9.64. The van der Waals surface area contributed by atoms with Gasteiger partial charge in [-0.15, -0.1) is 11.8 Å². The molecule has 2 rings (SSSR count). The van der Waals surface area contributed by atoms with E-state index in [9.17, 15) is 0 Å². The number of thioether (sulfide) groups is 1. The molecule has 1 fully saturated rings. The Morgan fingerprint density at radius 3 is 3.14 bits per heavy atom. The average Bonchev–Trinajstić information content (AvgIpc) is 2.29. The van der Waals surface area contributed by atoms with Crippen LogP contribution in [-0.2, 0) is 0 Å². The highest BCUT2D eigenvalue weighted by Gasteiger charge is 2.12. The zero-order valence-electron chi connectivity index (χ0n) is 8.28. The van der Waals surface area contributed by atoms with E-state index in [0.717, 1.165) is 10.8 Å². The lowest BCUT2D eigenvalue weighted by atomic mass is 10.1. The van der Waals surface area contributed by atoms with Crippen molar-refractivity contribution in [2.45, 2.75) is 30.3 Å². The minimum absolute atomic E-state index is 0.691. The van der Waals surface area contributed by atoms with Gasteiger partial charge in [-0.25, -0.2) is 4.98 Å². The number of rotatable bonds is 3. The minimum Gasteiger partial charge on any atom is -0.313 e. The molecule has 1 aromatic heterocycles. The number of nitrogens with zero attached hydrogens (tertiary/aromatic N) is 1. The molecule has 3 heteroatoms. The molecule has 1 saturated heterocycles. The fourth-order valence-electron chi connectivity index (χ4n) is 1.68. The molecule has 2 heterocycles. The predicted octanol–water partition coefficient (Wildman–Crippen LogP) is 2.32. The molecule has 1 N–H and O–H groups in total. The summed E-state index contributed by atoms with van der Waals surface area (Å²) >= 11 is 1.85. The Hall–Kier alpha value is -0.540. The number of aromatic nitrogens is 1. The predicted molar refractivity (Wildman–Crippen MR) is 60.6 cm³/mol. The molecule has 1 aliphatic heterocycles. The number of pyridine rings is 1. The van der Waals surface area contributed by atoms with Crippen molar-refractivity contribution in [2.24, 2.45) is 0 Å². The van der Waals surface area contributed by atoms with Crippen LogP contribution in [0.4, 0.5) is 0 Å². The van der Waals surface area contributed by atoms with E-state index in [2.05, 4.69) is 16.4 Å². The van der Waals surface area contributed by atoms with Gasteiger partial charge in [-0.1, -0.05) is 12.5 Å². The standard InChI is InChI=1S/C11H16N2S/c1-3-7-12-10(5-1)9-14-11-6-2-4-8-13-11/h2,4,6,8,10,12H,1,3,5,7,9H2/t10-/m0/s1. The summed E-state index contributed by atoms with van der Waals surface area (Å²) in [5.74, 6) is 1.15. The maximum absolute atomic E-state index is 4.30. The van der Waals surface area contributed by atoms with Gasteiger partial charge in [0, 0.05) is 18.0 Å². The van der Waals surface area contributed by atoms with Crippen LogP contribution in [0, 0.1) is 0 Å². The monoisotopic (exact) mass is 208 g/mol. The van der Waals surface area contributed by atoms with E-state index in [-0.39, 0.29) is 0 Å². The Morgan fingerprint density at radius 2 is 2.43 bits per heavy atom. The molecule has 0 aromatic carbocycles.